The van der Waals surface area contributed by atoms with Gasteiger partial charge in [0, 0.05) is 12.1 Å². The van der Waals surface area contributed by atoms with Crippen LogP contribution >= 0.6 is 0 Å². The first kappa shape index (κ1) is 8.36. The highest BCUT2D eigenvalue weighted by atomic mass is 16.5. The monoisotopic (exact) mass is 179 g/mol. The van der Waals surface area contributed by atoms with E-state index in [9.17, 15) is 0 Å². The summed E-state index contributed by atoms with van der Waals surface area (Å²) < 4.78 is 5.11. The molecule has 0 amide bonds. The fourth-order valence-electron chi connectivity index (χ4n) is 1.57. The number of nitriles is 1. The van der Waals surface area contributed by atoms with Crippen molar-refractivity contribution >= 4 is 6.02 Å². The van der Waals surface area contributed by atoms with Gasteiger partial charge in [0.05, 0.1) is 7.11 Å². The molecule has 4 heteroatoms. The Bertz CT molecular complexity index is 249. The SMILES string of the molecule is COC(=NC#N)N(C1CC1)C1CC1. The van der Waals surface area contributed by atoms with E-state index in [0.29, 0.717) is 18.1 Å². The molecular formula is C9H13N3O. The standard InChI is InChI=1S/C9H13N3O/c1-13-9(11-6-10)12(7-2-3-7)8-4-5-8/h7-8H,2-5H2,1H3. The van der Waals surface area contributed by atoms with E-state index in [1.54, 1.807) is 13.3 Å². The number of ether oxygens (including phenoxy) is 1. The van der Waals surface area contributed by atoms with Crippen molar-refractivity contribution < 1.29 is 4.74 Å². The van der Waals surface area contributed by atoms with Crippen LogP contribution in [0, 0.1) is 11.5 Å². The minimum Gasteiger partial charge on any atom is -0.468 e. The van der Waals surface area contributed by atoms with Gasteiger partial charge in [-0.05, 0) is 25.7 Å². The summed E-state index contributed by atoms with van der Waals surface area (Å²) in [7, 11) is 1.58. The normalized spacial score (nSPS) is 22.3. The van der Waals surface area contributed by atoms with Crippen molar-refractivity contribution in [3.8, 4) is 6.19 Å². The number of rotatable bonds is 2. The van der Waals surface area contributed by atoms with Crippen molar-refractivity contribution in [3.63, 3.8) is 0 Å². The molecule has 0 heterocycles. The molecule has 2 aliphatic rings. The summed E-state index contributed by atoms with van der Waals surface area (Å²) in [6, 6.07) is 1.67. The van der Waals surface area contributed by atoms with Crippen LogP contribution in [0.25, 0.3) is 0 Å². The zero-order chi connectivity index (χ0) is 9.26. The van der Waals surface area contributed by atoms with Gasteiger partial charge in [-0.15, -0.1) is 4.99 Å². The van der Waals surface area contributed by atoms with Crippen LogP contribution in [0.4, 0.5) is 0 Å². The third-order valence-electron chi connectivity index (χ3n) is 2.43. The number of amidine groups is 1. The van der Waals surface area contributed by atoms with Crippen molar-refractivity contribution in [2.75, 3.05) is 7.11 Å². The van der Waals surface area contributed by atoms with E-state index in [2.05, 4.69) is 9.89 Å². The summed E-state index contributed by atoms with van der Waals surface area (Å²) in [6.45, 7) is 0. The molecule has 70 valence electrons. The fourth-order valence-corrected chi connectivity index (χ4v) is 1.57. The van der Waals surface area contributed by atoms with E-state index in [-0.39, 0.29) is 0 Å². The second-order valence-corrected chi connectivity index (χ2v) is 3.57. The Kier molecular flexibility index (Phi) is 2.09. The Morgan fingerprint density at radius 3 is 2.23 bits per heavy atom. The molecule has 0 bridgehead atoms. The molecule has 0 atom stereocenters. The molecule has 2 saturated carbocycles. The van der Waals surface area contributed by atoms with Crippen LogP contribution in [0.5, 0.6) is 0 Å². The van der Waals surface area contributed by atoms with E-state index in [1.165, 1.54) is 25.7 Å². The minimum atomic E-state index is 0.507. The van der Waals surface area contributed by atoms with E-state index < -0.39 is 0 Å². The molecule has 0 aliphatic heterocycles. The molecule has 13 heavy (non-hydrogen) atoms. The third kappa shape index (κ3) is 1.74. The van der Waals surface area contributed by atoms with Gasteiger partial charge in [-0.2, -0.15) is 5.26 Å². The lowest BCUT2D eigenvalue weighted by Crippen LogP contribution is -2.36. The number of aliphatic imine (C=N–C) groups is 1. The molecule has 0 aromatic rings. The van der Waals surface area contributed by atoms with Gasteiger partial charge in [-0.1, -0.05) is 0 Å². The highest BCUT2D eigenvalue weighted by Crippen LogP contribution is 2.37. The molecule has 0 aromatic carbocycles. The first-order chi connectivity index (χ1) is 6.36. The average Bonchev–Trinajstić information content (AvgIpc) is 2.98. The van der Waals surface area contributed by atoms with Gasteiger partial charge >= 0.3 is 6.02 Å². The Morgan fingerprint density at radius 2 is 1.92 bits per heavy atom. The molecule has 0 spiro atoms. The minimum absolute atomic E-state index is 0.507. The largest absolute Gasteiger partial charge is 0.468 e. The first-order valence-electron chi connectivity index (χ1n) is 4.66. The fraction of sp³-hybridized carbons (Fsp3) is 0.778. The van der Waals surface area contributed by atoms with Crippen LogP contribution < -0.4 is 0 Å². The first-order valence-corrected chi connectivity index (χ1v) is 4.66. The smallest absolute Gasteiger partial charge is 0.303 e. The van der Waals surface area contributed by atoms with Crippen LogP contribution in [-0.4, -0.2) is 30.1 Å². The van der Waals surface area contributed by atoms with E-state index in [1.807, 2.05) is 0 Å². The molecule has 4 nitrogen and oxygen atoms in total. The molecular weight excluding hydrogens is 166 g/mol. The van der Waals surface area contributed by atoms with E-state index in [4.69, 9.17) is 10.00 Å². The number of nitrogens with zero attached hydrogens (tertiary/aromatic N) is 3. The Balaban J connectivity index is 2.08. The van der Waals surface area contributed by atoms with E-state index >= 15 is 0 Å². The van der Waals surface area contributed by atoms with Crippen molar-refractivity contribution in [3.05, 3.63) is 0 Å². The topological polar surface area (TPSA) is 48.6 Å². The number of hydrogen-bond donors (Lipinski definition) is 0. The molecule has 0 aromatic heterocycles. The van der Waals surface area contributed by atoms with Gasteiger partial charge in [-0.25, -0.2) is 0 Å². The van der Waals surface area contributed by atoms with Gasteiger partial charge in [0.25, 0.3) is 0 Å². The maximum atomic E-state index is 8.48. The van der Waals surface area contributed by atoms with Crippen LogP contribution in [0.15, 0.2) is 4.99 Å². The summed E-state index contributed by atoms with van der Waals surface area (Å²) in [5, 5.41) is 8.48. The lowest BCUT2D eigenvalue weighted by atomic mass is 10.5. The van der Waals surface area contributed by atoms with Crippen molar-refractivity contribution in [1.29, 1.82) is 5.26 Å². The average molecular weight is 179 g/mol. The van der Waals surface area contributed by atoms with Crippen LogP contribution in [0.3, 0.4) is 0 Å². The van der Waals surface area contributed by atoms with Gasteiger partial charge in [-0.3, -0.25) is 0 Å². The lowest BCUT2D eigenvalue weighted by molar-refractivity contribution is 0.269. The van der Waals surface area contributed by atoms with E-state index in [0.717, 1.165) is 0 Å². The Labute approximate surface area is 77.8 Å². The third-order valence-corrected chi connectivity index (χ3v) is 2.43. The van der Waals surface area contributed by atoms with Gasteiger partial charge in [0.15, 0.2) is 0 Å². The summed E-state index contributed by atoms with van der Waals surface area (Å²) in [4.78, 5) is 5.86. The Morgan fingerprint density at radius 1 is 1.38 bits per heavy atom. The predicted octanol–water partition coefficient (Wildman–Crippen LogP) is 1.10. The summed E-state index contributed by atoms with van der Waals surface area (Å²) in [6.07, 6.45) is 6.64. The predicted molar refractivity (Wildman–Crippen MR) is 47.9 cm³/mol. The van der Waals surface area contributed by atoms with Gasteiger partial charge in [0.2, 0.25) is 6.19 Å². The van der Waals surface area contributed by atoms with Crippen molar-refractivity contribution in [1.82, 2.24) is 4.90 Å². The molecule has 0 N–H and O–H groups in total. The highest BCUT2D eigenvalue weighted by molar-refractivity contribution is 5.76. The molecule has 0 unspecified atom stereocenters. The second kappa shape index (κ2) is 3.25. The summed E-state index contributed by atoms with van der Waals surface area (Å²) in [5.41, 5.74) is 0. The quantitative estimate of drug-likeness (QED) is 0.362. The number of methoxy groups -OCH3 is 1. The van der Waals surface area contributed by atoms with Crippen molar-refractivity contribution in [2.45, 2.75) is 37.8 Å². The molecule has 0 radical (unpaired) electrons. The summed E-state index contributed by atoms with van der Waals surface area (Å²) in [5.74, 6) is 0. The van der Waals surface area contributed by atoms with Crippen molar-refractivity contribution in [2.24, 2.45) is 4.99 Å². The van der Waals surface area contributed by atoms with Crippen LogP contribution in [0.2, 0.25) is 0 Å². The van der Waals surface area contributed by atoms with Gasteiger partial charge in [0.1, 0.15) is 0 Å². The van der Waals surface area contributed by atoms with Crippen LogP contribution in [-0.2, 0) is 4.74 Å². The summed E-state index contributed by atoms with van der Waals surface area (Å²) >= 11 is 0. The molecule has 2 aliphatic carbocycles. The zero-order valence-corrected chi connectivity index (χ0v) is 7.73. The number of hydrogen-bond acceptors (Lipinski definition) is 3. The Hall–Kier alpha value is -1.24. The lowest BCUT2D eigenvalue weighted by Gasteiger charge is -2.22. The maximum absolute atomic E-state index is 8.48. The van der Waals surface area contributed by atoms with Gasteiger partial charge < -0.3 is 9.64 Å². The maximum Gasteiger partial charge on any atom is 0.303 e. The zero-order valence-electron chi connectivity index (χ0n) is 7.73. The molecule has 2 fully saturated rings. The van der Waals surface area contributed by atoms with Crippen LogP contribution in [0.1, 0.15) is 25.7 Å². The highest BCUT2D eigenvalue weighted by Gasteiger charge is 2.41. The molecule has 0 saturated heterocycles. The second-order valence-electron chi connectivity index (χ2n) is 3.57. The molecule has 2 rings (SSSR count).